The van der Waals surface area contributed by atoms with Crippen molar-refractivity contribution in [2.45, 2.75) is 37.8 Å². The van der Waals surface area contributed by atoms with Gasteiger partial charge < -0.3 is 9.64 Å². The van der Waals surface area contributed by atoms with Crippen LogP contribution in [0.1, 0.15) is 36.2 Å². The van der Waals surface area contributed by atoms with Crippen molar-refractivity contribution in [3.63, 3.8) is 0 Å². The molecule has 32 heavy (non-hydrogen) atoms. The van der Waals surface area contributed by atoms with Crippen LogP contribution in [0.25, 0.3) is 10.9 Å². The van der Waals surface area contributed by atoms with Gasteiger partial charge in [-0.25, -0.2) is 0 Å². The molecule has 2 aliphatic rings. The molecule has 3 aromatic rings. The van der Waals surface area contributed by atoms with Crippen molar-refractivity contribution in [3.05, 3.63) is 52.9 Å². The Hall–Kier alpha value is -2.45. The van der Waals surface area contributed by atoms with Crippen LogP contribution in [-0.2, 0) is 7.05 Å². The van der Waals surface area contributed by atoms with Crippen molar-refractivity contribution in [1.29, 1.82) is 0 Å². The van der Waals surface area contributed by atoms with Gasteiger partial charge in [-0.2, -0.15) is 5.10 Å². The van der Waals surface area contributed by atoms with Gasteiger partial charge in [-0.15, -0.1) is 0 Å². The number of fused-ring (bicyclic) bond motifs is 1. The molecule has 2 aliphatic heterocycles. The number of nitrogens with zero attached hydrogens (tertiary/aromatic N) is 5. The largest absolute Gasteiger partial charge is 0.490 e. The van der Waals surface area contributed by atoms with Crippen molar-refractivity contribution in [3.8, 4) is 5.75 Å². The van der Waals surface area contributed by atoms with E-state index in [9.17, 15) is 4.79 Å². The first-order chi connectivity index (χ1) is 15.6. The number of hydrogen-bond acceptors (Lipinski definition) is 5. The Morgan fingerprint density at radius 2 is 1.75 bits per heavy atom. The second kappa shape index (κ2) is 9.19. The lowest BCUT2D eigenvalue weighted by Gasteiger charge is -2.41. The highest BCUT2D eigenvalue weighted by molar-refractivity contribution is 9.10. The molecule has 0 aliphatic carbocycles. The number of hydrogen-bond donors (Lipinski definition) is 0. The molecule has 2 aromatic heterocycles. The van der Waals surface area contributed by atoms with Crippen LogP contribution in [0.3, 0.4) is 0 Å². The maximum atomic E-state index is 13.3. The van der Waals surface area contributed by atoms with E-state index < -0.39 is 0 Å². The molecule has 5 rings (SSSR count). The van der Waals surface area contributed by atoms with E-state index in [4.69, 9.17) is 4.74 Å². The molecule has 8 heteroatoms. The number of pyridine rings is 1. The third-order valence-corrected chi connectivity index (χ3v) is 7.19. The van der Waals surface area contributed by atoms with Crippen molar-refractivity contribution >= 4 is 32.7 Å². The Labute approximate surface area is 196 Å². The summed E-state index contributed by atoms with van der Waals surface area (Å²) >= 11 is 3.48. The number of amides is 1. The van der Waals surface area contributed by atoms with Crippen LogP contribution in [0.2, 0.25) is 0 Å². The number of carbonyl (C=O) groups excluding carboxylic acids is 1. The molecule has 0 spiro atoms. The third-order valence-electron chi connectivity index (χ3n) is 6.70. The average molecular weight is 498 g/mol. The molecule has 7 nitrogen and oxygen atoms in total. The molecule has 4 heterocycles. The van der Waals surface area contributed by atoms with Gasteiger partial charge >= 0.3 is 0 Å². The summed E-state index contributed by atoms with van der Waals surface area (Å²) in [7, 11) is 1.85. The van der Waals surface area contributed by atoms with E-state index in [1.807, 2.05) is 42.3 Å². The minimum atomic E-state index is 0.0835. The van der Waals surface area contributed by atoms with Gasteiger partial charge in [-0.3, -0.25) is 19.4 Å². The standard InChI is InChI=1S/C24H28BrN5O2/c1-28-23(21-3-2-17(25)16-22(21)27-28)24(31)30-12-6-18(7-13-30)29-14-8-20(9-15-29)32-19-4-10-26-11-5-19/h2-5,10-11,16,18,20H,6-9,12-15H2,1H3. The van der Waals surface area contributed by atoms with Crippen LogP contribution in [0, 0.1) is 0 Å². The number of piperidine rings is 2. The SMILES string of the molecule is Cn1nc2cc(Br)ccc2c1C(=O)N1CCC(N2CCC(Oc3ccncc3)CC2)CC1. The molecule has 1 aromatic carbocycles. The number of carbonyl (C=O) groups is 1. The number of halogens is 1. The molecule has 168 valence electrons. The van der Waals surface area contributed by atoms with E-state index in [1.165, 1.54) is 0 Å². The Bertz CT molecular complexity index is 1090. The van der Waals surface area contributed by atoms with Crippen LogP contribution in [0.15, 0.2) is 47.2 Å². The summed E-state index contributed by atoms with van der Waals surface area (Å²) in [5, 5.41) is 5.45. The highest BCUT2D eigenvalue weighted by atomic mass is 79.9. The highest BCUT2D eigenvalue weighted by Crippen LogP contribution is 2.27. The van der Waals surface area contributed by atoms with E-state index in [0.29, 0.717) is 11.7 Å². The van der Waals surface area contributed by atoms with Gasteiger partial charge in [0, 0.05) is 61.5 Å². The van der Waals surface area contributed by atoms with E-state index >= 15 is 0 Å². The zero-order chi connectivity index (χ0) is 22.1. The lowest BCUT2D eigenvalue weighted by Crippen LogP contribution is -2.50. The molecule has 0 bridgehead atoms. The number of aryl methyl sites for hydroxylation is 1. The Balaban J connectivity index is 1.16. The van der Waals surface area contributed by atoms with Crippen LogP contribution in [0.5, 0.6) is 5.75 Å². The Morgan fingerprint density at radius 1 is 1.03 bits per heavy atom. The quantitative estimate of drug-likeness (QED) is 0.547. The van der Waals surface area contributed by atoms with Crippen molar-refractivity contribution in [2.24, 2.45) is 7.05 Å². The fraction of sp³-hybridized carbons (Fsp3) is 0.458. The fourth-order valence-electron chi connectivity index (χ4n) is 4.98. The normalized spacial score (nSPS) is 18.9. The van der Waals surface area contributed by atoms with E-state index in [1.54, 1.807) is 17.1 Å². The molecule has 0 saturated carbocycles. The van der Waals surface area contributed by atoms with Gasteiger partial charge in [-0.05, 0) is 56.0 Å². The topological polar surface area (TPSA) is 63.5 Å². The second-order valence-corrected chi connectivity index (χ2v) is 9.61. The molecule has 0 unspecified atom stereocenters. The first-order valence-corrected chi connectivity index (χ1v) is 12.1. The molecular formula is C24H28BrN5O2. The van der Waals surface area contributed by atoms with Crippen molar-refractivity contribution < 1.29 is 9.53 Å². The average Bonchev–Trinajstić information content (AvgIpc) is 3.14. The molecule has 0 atom stereocenters. The highest BCUT2D eigenvalue weighted by Gasteiger charge is 2.31. The molecule has 0 radical (unpaired) electrons. The predicted octanol–water partition coefficient (Wildman–Crippen LogP) is 3.88. The minimum Gasteiger partial charge on any atom is -0.490 e. The number of likely N-dealkylation sites (tertiary alicyclic amines) is 2. The van der Waals surface area contributed by atoms with Gasteiger partial charge in [0.2, 0.25) is 0 Å². The van der Waals surface area contributed by atoms with E-state index in [2.05, 4.69) is 30.9 Å². The van der Waals surface area contributed by atoms with Crippen LogP contribution >= 0.6 is 15.9 Å². The van der Waals surface area contributed by atoms with E-state index in [-0.39, 0.29) is 12.0 Å². The fourth-order valence-corrected chi connectivity index (χ4v) is 5.33. The summed E-state index contributed by atoms with van der Waals surface area (Å²) in [6.07, 6.45) is 7.93. The van der Waals surface area contributed by atoms with Gasteiger partial charge in [0.15, 0.2) is 0 Å². The van der Waals surface area contributed by atoms with Crippen LogP contribution in [-0.4, -0.2) is 68.8 Å². The van der Waals surface area contributed by atoms with E-state index in [0.717, 1.165) is 73.0 Å². The molecule has 2 fully saturated rings. The zero-order valence-electron chi connectivity index (χ0n) is 18.3. The summed E-state index contributed by atoms with van der Waals surface area (Å²) in [4.78, 5) is 21.9. The van der Waals surface area contributed by atoms with Gasteiger partial charge in [0.25, 0.3) is 5.91 Å². The maximum Gasteiger partial charge on any atom is 0.272 e. The lowest BCUT2D eigenvalue weighted by atomic mass is 9.98. The predicted molar refractivity (Wildman–Crippen MR) is 127 cm³/mol. The number of aromatic nitrogens is 3. The summed E-state index contributed by atoms with van der Waals surface area (Å²) in [5.41, 5.74) is 1.52. The van der Waals surface area contributed by atoms with Crippen LogP contribution in [0.4, 0.5) is 0 Å². The number of ether oxygens (including phenoxy) is 1. The first kappa shape index (κ1) is 21.4. The third kappa shape index (κ3) is 4.38. The summed E-state index contributed by atoms with van der Waals surface area (Å²) < 4.78 is 8.80. The smallest absolute Gasteiger partial charge is 0.272 e. The van der Waals surface area contributed by atoms with Crippen molar-refractivity contribution in [1.82, 2.24) is 24.6 Å². The van der Waals surface area contributed by atoms with Gasteiger partial charge in [-0.1, -0.05) is 15.9 Å². The van der Waals surface area contributed by atoms with Gasteiger partial charge in [0.05, 0.1) is 5.52 Å². The number of benzene rings is 1. The summed E-state index contributed by atoms with van der Waals surface area (Å²) in [6, 6.07) is 10.3. The molecule has 2 saturated heterocycles. The zero-order valence-corrected chi connectivity index (χ0v) is 19.9. The van der Waals surface area contributed by atoms with Crippen LogP contribution < -0.4 is 4.74 Å². The molecule has 0 N–H and O–H groups in total. The first-order valence-electron chi connectivity index (χ1n) is 11.3. The molecular weight excluding hydrogens is 470 g/mol. The van der Waals surface area contributed by atoms with Crippen molar-refractivity contribution in [2.75, 3.05) is 26.2 Å². The molecule has 1 amide bonds. The summed E-state index contributed by atoms with van der Waals surface area (Å²) in [6.45, 7) is 3.69. The Kier molecular flexibility index (Phi) is 6.15. The summed E-state index contributed by atoms with van der Waals surface area (Å²) in [5.74, 6) is 0.987. The minimum absolute atomic E-state index is 0.0835. The van der Waals surface area contributed by atoms with Gasteiger partial charge in [0.1, 0.15) is 17.5 Å². The maximum absolute atomic E-state index is 13.3. The number of rotatable bonds is 4. The Morgan fingerprint density at radius 3 is 2.47 bits per heavy atom. The monoisotopic (exact) mass is 497 g/mol. The lowest BCUT2D eigenvalue weighted by molar-refractivity contribution is 0.0421. The second-order valence-electron chi connectivity index (χ2n) is 8.69.